The van der Waals surface area contributed by atoms with Crippen LogP contribution in [0.2, 0.25) is 0 Å². The van der Waals surface area contributed by atoms with Crippen LogP contribution in [0.1, 0.15) is 12.5 Å². The summed E-state index contributed by atoms with van der Waals surface area (Å²) in [7, 11) is -3.98. The minimum absolute atomic E-state index is 0.121. The molecule has 0 aliphatic rings. The number of aryl methyl sites for hydroxylation is 1. The normalized spacial score (nSPS) is 11.1. The minimum atomic E-state index is -3.98. The van der Waals surface area contributed by atoms with Gasteiger partial charge in [0.15, 0.2) is 0 Å². The van der Waals surface area contributed by atoms with Gasteiger partial charge in [0.05, 0.1) is 17.2 Å². The SMILES string of the molecule is CCOC(=O)CN(c1ccccc1-c1ccccc1)S(=O)(=O)c1ccc(C)cc1. The molecule has 0 atom stereocenters. The summed E-state index contributed by atoms with van der Waals surface area (Å²) in [6, 6.07) is 23.2. The number of rotatable bonds is 7. The van der Waals surface area contributed by atoms with Crippen LogP contribution in [0.15, 0.2) is 83.8 Å². The fourth-order valence-corrected chi connectivity index (χ4v) is 4.44. The molecule has 3 aromatic rings. The minimum Gasteiger partial charge on any atom is -0.465 e. The average Bonchev–Trinajstić information content (AvgIpc) is 2.73. The van der Waals surface area contributed by atoms with Gasteiger partial charge in [-0.15, -0.1) is 0 Å². The molecule has 3 aromatic carbocycles. The second-order valence-corrected chi connectivity index (χ2v) is 8.38. The third kappa shape index (κ3) is 4.66. The predicted octanol–water partition coefficient (Wildman–Crippen LogP) is 4.42. The Morgan fingerprint density at radius 1 is 0.897 bits per heavy atom. The Morgan fingerprint density at radius 2 is 1.52 bits per heavy atom. The highest BCUT2D eigenvalue weighted by molar-refractivity contribution is 7.92. The van der Waals surface area contributed by atoms with Crippen LogP contribution in [0.5, 0.6) is 0 Å². The number of nitrogens with zero attached hydrogens (tertiary/aromatic N) is 1. The van der Waals surface area contributed by atoms with E-state index in [9.17, 15) is 13.2 Å². The summed E-state index contributed by atoms with van der Waals surface area (Å²) in [4.78, 5) is 12.4. The number of benzene rings is 3. The smallest absolute Gasteiger partial charge is 0.326 e. The molecule has 0 radical (unpaired) electrons. The van der Waals surface area contributed by atoms with Crippen LogP contribution >= 0.6 is 0 Å². The summed E-state index contributed by atoms with van der Waals surface area (Å²) in [5.74, 6) is -0.606. The maximum Gasteiger partial charge on any atom is 0.326 e. The zero-order chi connectivity index (χ0) is 20.9. The molecule has 0 heterocycles. The zero-order valence-electron chi connectivity index (χ0n) is 16.4. The van der Waals surface area contributed by atoms with Gasteiger partial charge >= 0.3 is 5.97 Å². The maximum atomic E-state index is 13.5. The monoisotopic (exact) mass is 409 g/mol. The lowest BCUT2D eigenvalue weighted by atomic mass is 10.0. The number of hydrogen-bond acceptors (Lipinski definition) is 4. The van der Waals surface area contributed by atoms with E-state index in [0.717, 1.165) is 15.4 Å². The Bertz CT molecular complexity index is 1080. The van der Waals surface area contributed by atoms with Gasteiger partial charge in [0, 0.05) is 5.56 Å². The summed E-state index contributed by atoms with van der Waals surface area (Å²) in [6.07, 6.45) is 0. The number of ether oxygens (including phenoxy) is 1. The molecule has 0 N–H and O–H groups in total. The molecule has 0 aromatic heterocycles. The van der Waals surface area contributed by atoms with Crippen molar-refractivity contribution in [2.45, 2.75) is 18.7 Å². The first-order chi connectivity index (χ1) is 13.9. The number of sulfonamides is 1. The van der Waals surface area contributed by atoms with Crippen molar-refractivity contribution in [3.8, 4) is 11.1 Å². The lowest BCUT2D eigenvalue weighted by Crippen LogP contribution is -2.37. The van der Waals surface area contributed by atoms with Gasteiger partial charge in [-0.2, -0.15) is 0 Å². The second-order valence-electron chi connectivity index (χ2n) is 6.51. The van der Waals surface area contributed by atoms with Gasteiger partial charge in [0.25, 0.3) is 10.0 Å². The van der Waals surface area contributed by atoms with E-state index in [-0.39, 0.29) is 11.5 Å². The summed E-state index contributed by atoms with van der Waals surface area (Å²) < 4.78 is 33.1. The molecule has 0 spiro atoms. The van der Waals surface area contributed by atoms with E-state index in [1.807, 2.05) is 49.4 Å². The summed E-state index contributed by atoms with van der Waals surface area (Å²) in [6.45, 7) is 3.34. The number of carbonyl (C=O) groups is 1. The van der Waals surface area contributed by atoms with Crippen molar-refractivity contribution in [2.24, 2.45) is 0 Å². The maximum absolute atomic E-state index is 13.5. The number of carbonyl (C=O) groups excluding carboxylic acids is 1. The Kier molecular flexibility index (Phi) is 6.34. The van der Waals surface area contributed by atoms with Crippen molar-refractivity contribution in [2.75, 3.05) is 17.5 Å². The zero-order valence-corrected chi connectivity index (χ0v) is 17.2. The molecule has 0 saturated carbocycles. The molecule has 6 heteroatoms. The molecule has 0 bridgehead atoms. The summed E-state index contributed by atoms with van der Waals surface area (Å²) in [5, 5.41) is 0. The first-order valence-electron chi connectivity index (χ1n) is 9.33. The van der Waals surface area contributed by atoms with Crippen LogP contribution in [0.3, 0.4) is 0 Å². The molecule has 0 unspecified atom stereocenters. The lowest BCUT2D eigenvalue weighted by Gasteiger charge is -2.26. The molecular weight excluding hydrogens is 386 g/mol. The van der Waals surface area contributed by atoms with Crippen molar-refractivity contribution in [3.05, 3.63) is 84.4 Å². The van der Waals surface area contributed by atoms with Crippen LogP contribution in [0.25, 0.3) is 11.1 Å². The van der Waals surface area contributed by atoms with E-state index < -0.39 is 22.5 Å². The molecule has 29 heavy (non-hydrogen) atoms. The van der Waals surface area contributed by atoms with E-state index in [0.29, 0.717) is 11.3 Å². The van der Waals surface area contributed by atoms with Crippen LogP contribution in [0.4, 0.5) is 5.69 Å². The van der Waals surface area contributed by atoms with Gasteiger partial charge in [-0.25, -0.2) is 8.42 Å². The highest BCUT2D eigenvalue weighted by Gasteiger charge is 2.29. The van der Waals surface area contributed by atoms with E-state index in [2.05, 4.69) is 0 Å². The van der Waals surface area contributed by atoms with Gasteiger partial charge < -0.3 is 4.74 Å². The first-order valence-corrected chi connectivity index (χ1v) is 10.8. The van der Waals surface area contributed by atoms with Crippen LogP contribution in [-0.4, -0.2) is 27.5 Å². The van der Waals surface area contributed by atoms with Crippen molar-refractivity contribution in [1.29, 1.82) is 0 Å². The molecule has 0 fully saturated rings. The fourth-order valence-electron chi connectivity index (χ4n) is 3.01. The van der Waals surface area contributed by atoms with E-state index in [1.54, 1.807) is 43.3 Å². The highest BCUT2D eigenvalue weighted by atomic mass is 32.2. The second kappa shape index (κ2) is 8.92. The van der Waals surface area contributed by atoms with Crippen LogP contribution < -0.4 is 4.31 Å². The van der Waals surface area contributed by atoms with Crippen molar-refractivity contribution < 1.29 is 17.9 Å². The number of hydrogen-bond donors (Lipinski definition) is 0. The number of para-hydroxylation sites is 1. The Labute approximate surface area is 171 Å². The number of anilines is 1. The topological polar surface area (TPSA) is 63.7 Å². The van der Waals surface area contributed by atoms with Crippen molar-refractivity contribution in [1.82, 2.24) is 0 Å². The molecule has 3 rings (SSSR count). The molecule has 5 nitrogen and oxygen atoms in total. The fraction of sp³-hybridized carbons (Fsp3) is 0.174. The summed E-state index contributed by atoms with van der Waals surface area (Å²) >= 11 is 0. The molecule has 0 saturated heterocycles. The van der Waals surface area contributed by atoms with E-state index in [1.165, 1.54) is 0 Å². The predicted molar refractivity (Wildman–Crippen MR) is 114 cm³/mol. The lowest BCUT2D eigenvalue weighted by molar-refractivity contribution is -0.141. The van der Waals surface area contributed by atoms with Gasteiger partial charge in [-0.05, 0) is 37.6 Å². The van der Waals surface area contributed by atoms with Crippen molar-refractivity contribution >= 4 is 21.7 Å². The van der Waals surface area contributed by atoms with Gasteiger partial charge in [0.2, 0.25) is 0 Å². The standard InChI is InChI=1S/C23H23NO4S/c1-3-28-23(25)17-24(29(26,27)20-15-13-18(2)14-16-20)22-12-8-7-11-21(22)19-9-5-4-6-10-19/h4-16H,3,17H2,1-2H3. The van der Waals surface area contributed by atoms with Crippen molar-refractivity contribution in [3.63, 3.8) is 0 Å². The van der Waals surface area contributed by atoms with Gasteiger partial charge in [0.1, 0.15) is 6.54 Å². The summed E-state index contributed by atoms with van der Waals surface area (Å²) in [5.41, 5.74) is 2.95. The average molecular weight is 410 g/mol. The largest absolute Gasteiger partial charge is 0.465 e. The van der Waals surface area contributed by atoms with E-state index in [4.69, 9.17) is 4.74 Å². The third-order valence-electron chi connectivity index (χ3n) is 4.44. The van der Waals surface area contributed by atoms with E-state index >= 15 is 0 Å². The molecular formula is C23H23NO4S. The first kappa shape index (κ1) is 20.6. The third-order valence-corrected chi connectivity index (χ3v) is 6.22. The Balaban J connectivity index is 2.15. The van der Waals surface area contributed by atoms with Gasteiger partial charge in [-0.3, -0.25) is 9.10 Å². The Hall–Kier alpha value is -3.12. The quantitative estimate of drug-likeness (QED) is 0.542. The van der Waals surface area contributed by atoms with Gasteiger partial charge in [-0.1, -0.05) is 66.2 Å². The molecule has 0 aliphatic heterocycles. The molecule has 150 valence electrons. The van der Waals surface area contributed by atoms with Crippen LogP contribution in [-0.2, 0) is 19.6 Å². The Morgan fingerprint density at radius 3 is 2.17 bits per heavy atom. The number of esters is 1. The van der Waals surface area contributed by atoms with Crippen LogP contribution in [0, 0.1) is 6.92 Å². The molecule has 0 amide bonds. The highest BCUT2D eigenvalue weighted by Crippen LogP contribution is 2.34. The molecule has 0 aliphatic carbocycles.